The van der Waals surface area contributed by atoms with Gasteiger partial charge in [0.2, 0.25) is 0 Å². The zero-order valence-electron chi connectivity index (χ0n) is 7.39. The molecule has 1 N–H and O–H groups in total. The summed E-state index contributed by atoms with van der Waals surface area (Å²) in [7, 11) is 0. The Balaban J connectivity index is 2.13. The molecule has 0 aliphatic heterocycles. The molecule has 0 amide bonds. The van der Waals surface area contributed by atoms with Crippen LogP contribution in [0.25, 0.3) is 0 Å². The van der Waals surface area contributed by atoms with Crippen LogP contribution in [0.5, 0.6) is 0 Å². The van der Waals surface area contributed by atoms with Crippen LogP contribution >= 0.6 is 0 Å². The Kier molecular flexibility index (Phi) is 3.06. The molecular weight excluding hydrogens is 138 g/mol. The summed E-state index contributed by atoms with van der Waals surface area (Å²) in [6.07, 6.45) is 2.71. The zero-order chi connectivity index (χ0) is 8.27. The monoisotopic (exact) mass is 155 g/mol. The lowest BCUT2D eigenvalue weighted by molar-refractivity contribution is -0.117. The van der Waals surface area contributed by atoms with E-state index in [9.17, 15) is 4.79 Å². The molecule has 2 heteroatoms. The van der Waals surface area contributed by atoms with Gasteiger partial charge in [0.05, 0.1) is 0 Å². The van der Waals surface area contributed by atoms with E-state index in [1.807, 2.05) is 0 Å². The van der Waals surface area contributed by atoms with Crippen LogP contribution < -0.4 is 5.32 Å². The van der Waals surface area contributed by atoms with Crippen LogP contribution in [0, 0.1) is 5.92 Å². The van der Waals surface area contributed by atoms with Crippen LogP contribution in [0.3, 0.4) is 0 Å². The third-order valence-corrected chi connectivity index (χ3v) is 2.16. The van der Waals surface area contributed by atoms with Gasteiger partial charge in [-0.3, -0.25) is 4.79 Å². The molecule has 0 aromatic rings. The lowest BCUT2D eigenvalue weighted by atomic mass is 10.1. The van der Waals surface area contributed by atoms with Gasteiger partial charge in [-0.1, -0.05) is 13.8 Å². The molecule has 2 nitrogen and oxygen atoms in total. The van der Waals surface area contributed by atoms with E-state index in [0.29, 0.717) is 17.7 Å². The van der Waals surface area contributed by atoms with E-state index in [1.54, 1.807) is 0 Å². The van der Waals surface area contributed by atoms with Crippen molar-refractivity contribution < 1.29 is 4.79 Å². The molecule has 1 atom stereocenters. The molecule has 0 spiro atoms. The van der Waals surface area contributed by atoms with Gasteiger partial charge in [0.25, 0.3) is 0 Å². The van der Waals surface area contributed by atoms with E-state index in [2.05, 4.69) is 19.2 Å². The van der Waals surface area contributed by atoms with Crippen molar-refractivity contribution >= 4 is 5.78 Å². The van der Waals surface area contributed by atoms with Gasteiger partial charge >= 0.3 is 0 Å². The molecular formula is C9H17NO. The molecule has 0 radical (unpaired) electrons. The fourth-order valence-electron chi connectivity index (χ4n) is 1.47. The number of nitrogens with one attached hydrogen (secondary N) is 1. The highest BCUT2D eigenvalue weighted by Crippen LogP contribution is 2.20. The second kappa shape index (κ2) is 3.86. The maximum Gasteiger partial charge on any atom is 0.133 e. The fourth-order valence-corrected chi connectivity index (χ4v) is 1.47. The minimum absolute atomic E-state index is 0.445. The lowest BCUT2D eigenvalue weighted by Gasteiger charge is -2.11. The van der Waals surface area contributed by atoms with E-state index in [0.717, 1.165) is 25.8 Å². The van der Waals surface area contributed by atoms with Gasteiger partial charge in [-0.2, -0.15) is 0 Å². The van der Waals surface area contributed by atoms with Crippen molar-refractivity contribution in [3.05, 3.63) is 0 Å². The Bertz CT molecular complexity index is 142. The van der Waals surface area contributed by atoms with Gasteiger partial charge < -0.3 is 5.32 Å². The summed E-state index contributed by atoms with van der Waals surface area (Å²) in [6.45, 7) is 5.29. The third-order valence-electron chi connectivity index (χ3n) is 2.16. The topological polar surface area (TPSA) is 29.1 Å². The van der Waals surface area contributed by atoms with E-state index in [-0.39, 0.29) is 0 Å². The number of rotatable bonds is 3. The van der Waals surface area contributed by atoms with Crippen molar-refractivity contribution in [2.75, 3.05) is 6.54 Å². The first kappa shape index (κ1) is 8.72. The van der Waals surface area contributed by atoms with Gasteiger partial charge in [0.1, 0.15) is 5.78 Å². The number of ketones is 1. The maximum atomic E-state index is 10.9. The van der Waals surface area contributed by atoms with Crippen molar-refractivity contribution in [2.45, 2.75) is 39.2 Å². The molecule has 1 unspecified atom stereocenters. The Labute approximate surface area is 68.4 Å². The van der Waals surface area contributed by atoms with Crippen LogP contribution in [0.2, 0.25) is 0 Å². The Morgan fingerprint density at radius 2 is 2.36 bits per heavy atom. The summed E-state index contributed by atoms with van der Waals surface area (Å²) < 4.78 is 0. The van der Waals surface area contributed by atoms with Crippen molar-refractivity contribution in [3.8, 4) is 0 Å². The van der Waals surface area contributed by atoms with Crippen LogP contribution in [-0.4, -0.2) is 18.4 Å². The zero-order valence-corrected chi connectivity index (χ0v) is 7.39. The predicted octanol–water partition coefficient (Wildman–Crippen LogP) is 1.35. The van der Waals surface area contributed by atoms with Gasteiger partial charge in [0, 0.05) is 18.9 Å². The molecule has 1 fully saturated rings. The molecule has 1 saturated carbocycles. The fraction of sp³-hybridized carbons (Fsp3) is 0.889. The number of hydrogen-bond donors (Lipinski definition) is 1. The molecule has 0 aromatic heterocycles. The van der Waals surface area contributed by atoms with Crippen LogP contribution in [0.15, 0.2) is 0 Å². The molecule has 0 heterocycles. The van der Waals surface area contributed by atoms with E-state index in [1.165, 1.54) is 0 Å². The highest BCUT2D eigenvalue weighted by Gasteiger charge is 2.21. The summed E-state index contributed by atoms with van der Waals surface area (Å²) in [5.74, 6) is 1.06. The van der Waals surface area contributed by atoms with Crippen molar-refractivity contribution in [3.63, 3.8) is 0 Å². The molecule has 1 rings (SSSR count). The molecule has 0 saturated heterocycles. The van der Waals surface area contributed by atoms with E-state index < -0.39 is 0 Å². The molecule has 11 heavy (non-hydrogen) atoms. The Hall–Kier alpha value is -0.370. The van der Waals surface area contributed by atoms with Gasteiger partial charge in [0.15, 0.2) is 0 Å². The smallest absolute Gasteiger partial charge is 0.133 e. The first-order chi connectivity index (χ1) is 5.18. The average molecular weight is 155 g/mol. The summed E-state index contributed by atoms with van der Waals surface area (Å²) in [6, 6.07) is 0.547. The number of carbonyl (C=O) groups excluding carboxylic acids is 1. The van der Waals surface area contributed by atoms with Gasteiger partial charge in [-0.25, -0.2) is 0 Å². The molecule has 64 valence electrons. The van der Waals surface area contributed by atoms with Crippen LogP contribution in [0.4, 0.5) is 0 Å². The minimum atomic E-state index is 0.445. The van der Waals surface area contributed by atoms with Crippen molar-refractivity contribution in [1.82, 2.24) is 5.32 Å². The van der Waals surface area contributed by atoms with E-state index >= 15 is 0 Å². The van der Waals surface area contributed by atoms with Crippen LogP contribution in [0.1, 0.15) is 33.1 Å². The van der Waals surface area contributed by atoms with Crippen molar-refractivity contribution in [1.29, 1.82) is 0 Å². The van der Waals surface area contributed by atoms with Crippen molar-refractivity contribution in [2.24, 2.45) is 5.92 Å². The second-order valence-corrected chi connectivity index (χ2v) is 3.71. The number of Topliss-reactive ketones (excluding diaryl/α,β-unsaturated/α-hetero) is 1. The largest absolute Gasteiger partial charge is 0.314 e. The third kappa shape index (κ3) is 3.02. The summed E-state index contributed by atoms with van der Waals surface area (Å²) >= 11 is 0. The number of hydrogen-bond acceptors (Lipinski definition) is 2. The summed E-state index contributed by atoms with van der Waals surface area (Å²) in [5, 5.41) is 3.36. The predicted molar refractivity (Wildman–Crippen MR) is 45.5 cm³/mol. The molecule has 0 aromatic carbocycles. The first-order valence-electron chi connectivity index (χ1n) is 4.43. The summed E-state index contributed by atoms with van der Waals surface area (Å²) in [5.41, 5.74) is 0. The van der Waals surface area contributed by atoms with Gasteiger partial charge in [-0.15, -0.1) is 0 Å². The normalized spacial score (nSPS) is 25.0. The molecule has 1 aliphatic carbocycles. The average Bonchev–Trinajstić information content (AvgIpc) is 2.31. The standard InChI is InChI=1S/C9H17NO/c1-7(2)10-6-8-3-4-9(11)5-8/h7-8,10H,3-6H2,1-2H3. The second-order valence-electron chi connectivity index (χ2n) is 3.71. The molecule has 0 bridgehead atoms. The molecule has 1 aliphatic rings. The van der Waals surface area contributed by atoms with E-state index in [4.69, 9.17) is 0 Å². The highest BCUT2D eigenvalue weighted by atomic mass is 16.1. The first-order valence-corrected chi connectivity index (χ1v) is 4.43. The summed E-state index contributed by atoms with van der Waals surface area (Å²) in [4.78, 5) is 10.9. The lowest BCUT2D eigenvalue weighted by Crippen LogP contribution is -2.27. The quantitative estimate of drug-likeness (QED) is 0.666. The Morgan fingerprint density at radius 3 is 2.82 bits per heavy atom. The number of carbonyl (C=O) groups is 1. The minimum Gasteiger partial charge on any atom is -0.314 e. The Morgan fingerprint density at radius 1 is 1.64 bits per heavy atom. The highest BCUT2D eigenvalue weighted by molar-refractivity contribution is 5.80. The van der Waals surface area contributed by atoms with Crippen LogP contribution in [-0.2, 0) is 4.79 Å². The maximum absolute atomic E-state index is 10.9. The van der Waals surface area contributed by atoms with Gasteiger partial charge in [-0.05, 0) is 18.9 Å². The SMILES string of the molecule is CC(C)NCC1CCC(=O)C1.